The Morgan fingerprint density at radius 2 is 2.06 bits per heavy atom. The number of hydrogen-bond acceptors (Lipinski definition) is 3. The Bertz CT molecular complexity index is 444. The molecule has 1 aromatic heterocycles. The van der Waals surface area contributed by atoms with Crippen LogP contribution in [0.25, 0.3) is 0 Å². The summed E-state index contributed by atoms with van der Waals surface area (Å²) in [5.74, 6) is 1.53. The Balaban J connectivity index is 2.25. The van der Waals surface area contributed by atoms with Gasteiger partial charge in [0.05, 0.1) is 0 Å². The molecule has 1 aromatic rings. The maximum Gasteiger partial charge on any atom is 0.255 e. The molecule has 0 spiro atoms. The summed E-state index contributed by atoms with van der Waals surface area (Å²) in [6, 6.07) is 0. The van der Waals surface area contributed by atoms with Gasteiger partial charge in [0.1, 0.15) is 0 Å². The van der Waals surface area contributed by atoms with Crippen LogP contribution in [0.1, 0.15) is 37.9 Å². The van der Waals surface area contributed by atoms with E-state index in [0.717, 1.165) is 42.6 Å². The van der Waals surface area contributed by atoms with E-state index in [0.29, 0.717) is 0 Å². The lowest BCUT2D eigenvalue weighted by atomic mass is 10.00. The van der Waals surface area contributed by atoms with Gasteiger partial charge in [-0.2, -0.15) is 0 Å². The first-order valence-electron chi connectivity index (χ1n) is 6.46. The van der Waals surface area contributed by atoms with Gasteiger partial charge in [0, 0.05) is 24.3 Å². The second-order valence-electron chi connectivity index (χ2n) is 4.98. The van der Waals surface area contributed by atoms with Crippen LogP contribution < -0.4 is 10.5 Å². The first kappa shape index (κ1) is 12.1. The molecular formula is C13H21N3O. The van der Waals surface area contributed by atoms with E-state index in [-0.39, 0.29) is 5.56 Å². The van der Waals surface area contributed by atoms with Crippen molar-refractivity contribution in [1.29, 1.82) is 0 Å². The number of rotatable bonds is 2. The molecule has 4 heteroatoms. The van der Waals surface area contributed by atoms with Crippen LogP contribution in [0.4, 0.5) is 5.95 Å². The largest absolute Gasteiger partial charge is 0.342 e. The average Bonchev–Trinajstić information content (AvgIpc) is 2.29. The van der Waals surface area contributed by atoms with Crippen molar-refractivity contribution < 1.29 is 0 Å². The van der Waals surface area contributed by atoms with Crippen molar-refractivity contribution in [3.63, 3.8) is 0 Å². The van der Waals surface area contributed by atoms with Gasteiger partial charge in [-0.3, -0.25) is 9.78 Å². The van der Waals surface area contributed by atoms with Gasteiger partial charge in [0.2, 0.25) is 5.95 Å². The summed E-state index contributed by atoms with van der Waals surface area (Å²) < 4.78 is 0. The van der Waals surface area contributed by atoms with Crippen LogP contribution in [-0.2, 0) is 6.42 Å². The lowest BCUT2D eigenvalue weighted by Crippen LogP contribution is -2.35. The number of aryl methyl sites for hydroxylation is 1. The molecule has 17 heavy (non-hydrogen) atoms. The van der Waals surface area contributed by atoms with E-state index in [1.165, 1.54) is 12.8 Å². The number of H-pyrrole nitrogens is 1. The quantitative estimate of drug-likeness (QED) is 0.851. The number of hydrogen-bond donors (Lipinski definition) is 1. The monoisotopic (exact) mass is 235 g/mol. The topological polar surface area (TPSA) is 49.0 Å². The van der Waals surface area contributed by atoms with E-state index >= 15 is 0 Å². The van der Waals surface area contributed by atoms with E-state index in [1.807, 2.05) is 13.8 Å². The predicted octanol–water partition coefficient (Wildman–Crippen LogP) is 1.88. The highest BCUT2D eigenvalue weighted by molar-refractivity contribution is 5.33. The molecule has 1 saturated heterocycles. The van der Waals surface area contributed by atoms with Gasteiger partial charge in [-0.25, -0.2) is 4.98 Å². The lowest BCUT2D eigenvalue weighted by molar-refractivity contribution is 0.434. The number of aromatic amines is 1. The lowest BCUT2D eigenvalue weighted by Gasteiger charge is -2.30. The fourth-order valence-electron chi connectivity index (χ4n) is 2.38. The minimum absolute atomic E-state index is 0.0219. The van der Waals surface area contributed by atoms with Crippen molar-refractivity contribution in [2.45, 2.75) is 40.0 Å². The molecule has 1 aliphatic heterocycles. The Morgan fingerprint density at radius 1 is 1.41 bits per heavy atom. The normalized spacial score (nSPS) is 17.5. The van der Waals surface area contributed by atoms with Gasteiger partial charge in [-0.1, -0.05) is 13.8 Å². The van der Waals surface area contributed by atoms with Gasteiger partial charge in [-0.05, 0) is 32.1 Å². The molecule has 1 N–H and O–H groups in total. The van der Waals surface area contributed by atoms with Gasteiger partial charge in [0.25, 0.3) is 5.56 Å². The molecule has 1 aliphatic rings. The van der Waals surface area contributed by atoms with E-state index in [1.54, 1.807) is 0 Å². The molecule has 4 nitrogen and oxygen atoms in total. The molecule has 0 aliphatic carbocycles. The van der Waals surface area contributed by atoms with E-state index in [9.17, 15) is 4.79 Å². The maximum absolute atomic E-state index is 11.9. The van der Waals surface area contributed by atoms with Crippen LogP contribution in [0.15, 0.2) is 4.79 Å². The standard InChI is InChI=1S/C13H21N3O/c1-4-11-10(3)14-13(15-12(11)17)16-7-5-9(2)6-8-16/h9H,4-8H2,1-3H3,(H,14,15,17). The molecule has 94 valence electrons. The molecule has 0 bridgehead atoms. The van der Waals surface area contributed by atoms with Crippen molar-refractivity contribution in [2.24, 2.45) is 5.92 Å². The maximum atomic E-state index is 11.9. The Labute approximate surface area is 102 Å². The Morgan fingerprint density at radius 3 is 2.59 bits per heavy atom. The van der Waals surface area contributed by atoms with E-state index < -0.39 is 0 Å². The number of aromatic nitrogens is 2. The van der Waals surface area contributed by atoms with Crippen molar-refractivity contribution in [2.75, 3.05) is 18.0 Å². The number of nitrogens with zero attached hydrogens (tertiary/aromatic N) is 2. The molecule has 0 saturated carbocycles. The van der Waals surface area contributed by atoms with Gasteiger partial charge < -0.3 is 4.90 Å². The molecule has 0 aromatic carbocycles. The summed E-state index contributed by atoms with van der Waals surface area (Å²) in [6.45, 7) is 8.18. The fraction of sp³-hybridized carbons (Fsp3) is 0.692. The average molecular weight is 235 g/mol. The van der Waals surface area contributed by atoms with Gasteiger partial charge in [-0.15, -0.1) is 0 Å². The number of nitrogens with one attached hydrogen (secondary N) is 1. The van der Waals surface area contributed by atoms with Crippen LogP contribution >= 0.6 is 0 Å². The zero-order valence-electron chi connectivity index (χ0n) is 10.9. The first-order chi connectivity index (χ1) is 8.11. The summed E-state index contributed by atoms with van der Waals surface area (Å²) in [5.41, 5.74) is 1.69. The third kappa shape index (κ3) is 2.51. The SMILES string of the molecule is CCc1c(C)nc(N2CCC(C)CC2)[nH]c1=O. The zero-order valence-corrected chi connectivity index (χ0v) is 10.9. The molecule has 0 atom stereocenters. The highest BCUT2D eigenvalue weighted by Crippen LogP contribution is 2.19. The van der Waals surface area contributed by atoms with Crippen molar-refractivity contribution >= 4 is 5.95 Å². The predicted molar refractivity (Wildman–Crippen MR) is 69.6 cm³/mol. The Kier molecular flexibility index (Phi) is 3.50. The highest BCUT2D eigenvalue weighted by Gasteiger charge is 2.18. The van der Waals surface area contributed by atoms with Crippen molar-refractivity contribution in [3.8, 4) is 0 Å². The third-order valence-electron chi connectivity index (χ3n) is 3.65. The highest BCUT2D eigenvalue weighted by atomic mass is 16.1. The van der Waals surface area contributed by atoms with Crippen molar-refractivity contribution in [1.82, 2.24) is 9.97 Å². The van der Waals surface area contributed by atoms with Crippen molar-refractivity contribution in [3.05, 3.63) is 21.6 Å². The molecule has 0 unspecified atom stereocenters. The van der Waals surface area contributed by atoms with Crippen LogP contribution in [0, 0.1) is 12.8 Å². The van der Waals surface area contributed by atoms with Crippen LogP contribution in [0.3, 0.4) is 0 Å². The number of anilines is 1. The van der Waals surface area contributed by atoms with E-state index in [2.05, 4.69) is 21.8 Å². The summed E-state index contributed by atoms with van der Waals surface area (Å²) in [6.07, 6.45) is 3.10. The fourth-order valence-corrected chi connectivity index (χ4v) is 2.38. The van der Waals surface area contributed by atoms with Gasteiger partial charge >= 0.3 is 0 Å². The van der Waals surface area contributed by atoms with Crippen LogP contribution in [-0.4, -0.2) is 23.1 Å². The Hall–Kier alpha value is -1.32. The molecule has 1 fully saturated rings. The minimum Gasteiger partial charge on any atom is -0.342 e. The second-order valence-corrected chi connectivity index (χ2v) is 4.98. The van der Waals surface area contributed by atoms with Gasteiger partial charge in [0.15, 0.2) is 0 Å². The summed E-state index contributed by atoms with van der Waals surface area (Å²) in [4.78, 5) is 21.5. The smallest absolute Gasteiger partial charge is 0.255 e. The molecule has 0 radical (unpaired) electrons. The molecule has 0 amide bonds. The molecular weight excluding hydrogens is 214 g/mol. The summed E-state index contributed by atoms with van der Waals surface area (Å²) in [7, 11) is 0. The zero-order chi connectivity index (χ0) is 12.4. The number of piperidine rings is 1. The third-order valence-corrected chi connectivity index (χ3v) is 3.65. The second kappa shape index (κ2) is 4.90. The molecule has 2 heterocycles. The summed E-state index contributed by atoms with van der Waals surface area (Å²) >= 11 is 0. The molecule has 2 rings (SSSR count). The van der Waals surface area contributed by atoms with E-state index in [4.69, 9.17) is 0 Å². The first-order valence-corrected chi connectivity index (χ1v) is 6.46. The van der Waals surface area contributed by atoms with Crippen LogP contribution in [0.2, 0.25) is 0 Å². The minimum atomic E-state index is 0.0219. The van der Waals surface area contributed by atoms with Crippen LogP contribution in [0.5, 0.6) is 0 Å². The summed E-state index contributed by atoms with van der Waals surface area (Å²) in [5, 5.41) is 0.